The number of halogens is 1. The number of hydrogen-bond acceptors (Lipinski definition) is 2. The van der Waals surface area contributed by atoms with Crippen LogP contribution in [0.25, 0.3) is 0 Å². The predicted molar refractivity (Wildman–Crippen MR) is 57.9 cm³/mol. The summed E-state index contributed by atoms with van der Waals surface area (Å²) in [5, 5.41) is 11.9. The smallest absolute Gasteiger partial charge is 0.254 e. The van der Waals surface area contributed by atoms with Gasteiger partial charge < -0.3 is 10.4 Å². The number of aryl methyl sites for hydroxylation is 1. The molecule has 0 heterocycles. The first-order valence-electron chi connectivity index (χ1n) is 5.35. The molecule has 0 atom stereocenters. The summed E-state index contributed by atoms with van der Waals surface area (Å²) in [5.74, 6) is -0.675. The number of benzene rings is 1. The van der Waals surface area contributed by atoms with E-state index in [1.807, 2.05) is 0 Å². The van der Waals surface area contributed by atoms with Gasteiger partial charge in [0.1, 0.15) is 11.6 Å². The summed E-state index contributed by atoms with van der Waals surface area (Å²) in [6.45, 7) is 2.22. The highest BCUT2D eigenvalue weighted by molar-refractivity contribution is 5.96. The summed E-state index contributed by atoms with van der Waals surface area (Å²) < 4.78 is 13.5. The predicted octanol–water partition coefficient (Wildman–Crippen LogP) is 1.98. The van der Waals surface area contributed by atoms with Crippen LogP contribution in [0.3, 0.4) is 0 Å². The van der Waals surface area contributed by atoms with Gasteiger partial charge >= 0.3 is 0 Å². The van der Waals surface area contributed by atoms with Crippen molar-refractivity contribution >= 4 is 5.91 Å². The van der Waals surface area contributed by atoms with Gasteiger partial charge in [-0.2, -0.15) is 0 Å². The Morgan fingerprint density at radius 2 is 2.25 bits per heavy atom. The molecule has 0 unspecified atom stereocenters. The number of carbonyl (C=O) groups excluding carboxylic acids is 1. The van der Waals surface area contributed by atoms with Crippen molar-refractivity contribution in [3.05, 3.63) is 29.1 Å². The van der Waals surface area contributed by atoms with Crippen LogP contribution >= 0.6 is 0 Å². The van der Waals surface area contributed by atoms with E-state index in [0.717, 1.165) is 18.9 Å². The van der Waals surface area contributed by atoms with Crippen molar-refractivity contribution < 1.29 is 14.3 Å². The van der Waals surface area contributed by atoms with Crippen LogP contribution in [-0.2, 0) is 0 Å². The number of amides is 1. The fourth-order valence-electron chi connectivity index (χ4n) is 1.66. The number of phenolic OH excluding ortho intramolecular Hbond substituents is 1. The lowest BCUT2D eigenvalue weighted by Gasteiger charge is -2.08. The molecule has 0 aromatic heterocycles. The fraction of sp³-hybridized carbons (Fsp3) is 0.417. The third-order valence-electron chi connectivity index (χ3n) is 2.75. The minimum absolute atomic E-state index is 0.0263. The summed E-state index contributed by atoms with van der Waals surface area (Å²) in [4.78, 5) is 11.7. The van der Waals surface area contributed by atoms with Crippen LogP contribution in [0.4, 0.5) is 4.39 Å². The number of hydrogen-bond donors (Lipinski definition) is 2. The quantitative estimate of drug-likeness (QED) is 0.823. The minimum atomic E-state index is -0.675. The summed E-state index contributed by atoms with van der Waals surface area (Å²) in [5.41, 5.74) is 0.476. The van der Waals surface area contributed by atoms with E-state index < -0.39 is 11.7 Å². The first-order valence-corrected chi connectivity index (χ1v) is 5.35. The molecule has 1 aromatic rings. The monoisotopic (exact) mass is 223 g/mol. The lowest BCUT2D eigenvalue weighted by Crippen LogP contribution is -2.27. The van der Waals surface area contributed by atoms with Crippen LogP contribution in [0, 0.1) is 18.7 Å². The van der Waals surface area contributed by atoms with Gasteiger partial charge in [-0.25, -0.2) is 4.39 Å². The summed E-state index contributed by atoms with van der Waals surface area (Å²) in [6.07, 6.45) is 2.27. The lowest BCUT2D eigenvalue weighted by atomic mass is 10.1. The van der Waals surface area contributed by atoms with E-state index in [-0.39, 0.29) is 11.3 Å². The second-order valence-electron chi connectivity index (χ2n) is 4.27. The Morgan fingerprint density at radius 1 is 1.56 bits per heavy atom. The molecule has 2 rings (SSSR count). The highest BCUT2D eigenvalue weighted by Gasteiger charge is 2.23. The van der Waals surface area contributed by atoms with E-state index in [1.54, 1.807) is 6.92 Å². The molecule has 0 aliphatic heterocycles. The van der Waals surface area contributed by atoms with Gasteiger partial charge in [0, 0.05) is 12.6 Å². The van der Waals surface area contributed by atoms with Gasteiger partial charge in [0.2, 0.25) is 0 Å². The molecule has 1 aromatic carbocycles. The first kappa shape index (κ1) is 10.9. The summed E-state index contributed by atoms with van der Waals surface area (Å²) in [6, 6.07) is 2.34. The van der Waals surface area contributed by atoms with Gasteiger partial charge in [0.25, 0.3) is 5.91 Å². The van der Waals surface area contributed by atoms with Crippen LogP contribution in [0.5, 0.6) is 5.75 Å². The Morgan fingerprint density at radius 3 is 2.81 bits per heavy atom. The average molecular weight is 223 g/mol. The number of nitrogens with one attached hydrogen (secondary N) is 1. The van der Waals surface area contributed by atoms with Crippen molar-refractivity contribution in [2.45, 2.75) is 19.8 Å². The maximum atomic E-state index is 13.5. The molecule has 1 fully saturated rings. The van der Waals surface area contributed by atoms with Crippen molar-refractivity contribution in [3.8, 4) is 5.75 Å². The maximum absolute atomic E-state index is 13.5. The van der Waals surface area contributed by atoms with Crippen molar-refractivity contribution in [3.63, 3.8) is 0 Å². The van der Waals surface area contributed by atoms with Gasteiger partial charge in [-0.1, -0.05) is 0 Å². The van der Waals surface area contributed by atoms with Gasteiger partial charge in [-0.15, -0.1) is 0 Å². The number of rotatable bonds is 3. The van der Waals surface area contributed by atoms with E-state index in [2.05, 4.69) is 5.32 Å². The van der Waals surface area contributed by atoms with Crippen molar-refractivity contribution in [2.24, 2.45) is 5.92 Å². The van der Waals surface area contributed by atoms with E-state index in [4.69, 9.17) is 5.11 Å². The normalized spacial score (nSPS) is 14.9. The van der Waals surface area contributed by atoms with Crippen LogP contribution < -0.4 is 5.32 Å². The zero-order valence-corrected chi connectivity index (χ0v) is 9.09. The second-order valence-corrected chi connectivity index (χ2v) is 4.27. The maximum Gasteiger partial charge on any atom is 0.254 e. The molecule has 0 bridgehead atoms. The summed E-state index contributed by atoms with van der Waals surface area (Å²) >= 11 is 0. The van der Waals surface area contributed by atoms with Gasteiger partial charge in [-0.3, -0.25) is 4.79 Å². The number of aromatic hydroxyl groups is 1. The third kappa shape index (κ3) is 2.32. The molecular formula is C12H14FNO2. The van der Waals surface area contributed by atoms with Crippen molar-refractivity contribution in [1.82, 2.24) is 5.32 Å². The van der Waals surface area contributed by atoms with Crippen LogP contribution in [0.15, 0.2) is 12.1 Å². The van der Waals surface area contributed by atoms with Crippen LogP contribution in [0.2, 0.25) is 0 Å². The summed E-state index contributed by atoms with van der Waals surface area (Å²) in [7, 11) is 0. The Balaban J connectivity index is 2.14. The molecule has 0 radical (unpaired) electrons. The van der Waals surface area contributed by atoms with Crippen molar-refractivity contribution in [2.75, 3.05) is 6.54 Å². The largest absolute Gasteiger partial charge is 0.508 e. The topological polar surface area (TPSA) is 49.3 Å². The zero-order valence-electron chi connectivity index (χ0n) is 9.09. The SMILES string of the molecule is Cc1cc(O)cc(F)c1C(=O)NCC1CC1. The van der Waals surface area contributed by atoms with E-state index in [9.17, 15) is 9.18 Å². The molecule has 1 aliphatic rings. The van der Waals surface area contributed by atoms with Gasteiger partial charge in [0.05, 0.1) is 5.56 Å². The van der Waals surface area contributed by atoms with Gasteiger partial charge in [0.15, 0.2) is 0 Å². The van der Waals surface area contributed by atoms with E-state index in [0.29, 0.717) is 18.0 Å². The number of carbonyl (C=O) groups is 1. The molecule has 1 saturated carbocycles. The minimum Gasteiger partial charge on any atom is -0.508 e. The lowest BCUT2D eigenvalue weighted by molar-refractivity contribution is 0.0947. The highest BCUT2D eigenvalue weighted by Crippen LogP contribution is 2.28. The molecule has 16 heavy (non-hydrogen) atoms. The molecule has 4 heteroatoms. The molecule has 0 spiro atoms. The van der Waals surface area contributed by atoms with Crippen LogP contribution in [0.1, 0.15) is 28.8 Å². The zero-order chi connectivity index (χ0) is 11.7. The average Bonchev–Trinajstić information content (AvgIpc) is 2.96. The van der Waals surface area contributed by atoms with Crippen molar-refractivity contribution in [1.29, 1.82) is 0 Å². The Labute approximate surface area is 93.3 Å². The number of phenols is 1. The molecule has 2 N–H and O–H groups in total. The Kier molecular flexibility index (Phi) is 2.81. The van der Waals surface area contributed by atoms with Gasteiger partial charge in [-0.05, 0) is 37.3 Å². The standard InChI is InChI=1S/C12H14FNO2/c1-7-4-9(15)5-10(13)11(7)12(16)14-6-8-2-3-8/h4-5,8,15H,2-3,6H2,1H3,(H,14,16). The second kappa shape index (κ2) is 4.12. The molecule has 1 amide bonds. The molecular weight excluding hydrogens is 209 g/mol. The Hall–Kier alpha value is -1.58. The Bertz CT molecular complexity index is 404. The fourth-order valence-corrected chi connectivity index (χ4v) is 1.66. The van der Waals surface area contributed by atoms with E-state index in [1.165, 1.54) is 6.07 Å². The highest BCUT2D eigenvalue weighted by atomic mass is 19.1. The molecule has 0 saturated heterocycles. The third-order valence-corrected chi connectivity index (χ3v) is 2.75. The first-order chi connectivity index (χ1) is 7.58. The molecule has 1 aliphatic carbocycles. The van der Waals surface area contributed by atoms with E-state index >= 15 is 0 Å². The molecule has 86 valence electrons. The van der Waals surface area contributed by atoms with Crippen LogP contribution in [-0.4, -0.2) is 17.6 Å². The molecule has 3 nitrogen and oxygen atoms in total.